The SMILES string of the molecule is CCN1C[C@H]2C3(CCN(S(=O)(=O)c4cccc(OC)c4)CC3)CC[C@@]2(C(=O)NC)C1. The molecule has 1 aromatic rings. The number of amides is 1. The summed E-state index contributed by atoms with van der Waals surface area (Å²) in [5, 5.41) is 2.92. The summed E-state index contributed by atoms with van der Waals surface area (Å²) in [6.07, 6.45) is 3.54. The summed E-state index contributed by atoms with van der Waals surface area (Å²) >= 11 is 0. The van der Waals surface area contributed by atoms with Gasteiger partial charge in [-0.15, -0.1) is 0 Å². The van der Waals surface area contributed by atoms with Crippen molar-refractivity contribution < 1.29 is 17.9 Å². The normalized spacial score (nSPS) is 29.1. The maximum absolute atomic E-state index is 13.2. The quantitative estimate of drug-likeness (QED) is 0.765. The van der Waals surface area contributed by atoms with Crippen LogP contribution in [-0.2, 0) is 14.8 Å². The largest absolute Gasteiger partial charge is 0.497 e. The number of hydrogen-bond acceptors (Lipinski definition) is 5. The van der Waals surface area contributed by atoms with E-state index in [2.05, 4.69) is 17.1 Å². The van der Waals surface area contributed by atoms with E-state index in [-0.39, 0.29) is 21.6 Å². The van der Waals surface area contributed by atoms with Crippen LogP contribution in [0.15, 0.2) is 29.2 Å². The topological polar surface area (TPSA) is 79.0 Å². The van der Waals surface area contributed by atoms with E-state index in [0.717, 1.165) is 45.3 Å². The number of likely N-dealkylation sites (tertiary alicyclic amines) is 1. The molecule has 0 radical (unpaired) electrons. The van der Waals surface area contributed by atoms with Gasteiger partial charge in [0.1, 0.15) is 5.75 Å². The van der Waals surface area contributed by atoms with Gasteiger partial charge < -0.3 is 15.0 Å². The third kappa shape index (κ3) is 3.24. The lowest BCUT2D eigenvalue weighted by molar-refractivity contribution is -0.132. The van der Waals surface area contributed by atoms with Crippen LogP contribution >= 0.6 is 0 Å². The first-order valence-electron chi connectivity index (χ1n) is 10.9. The molecule has 3 fully saturated rings. The minimum atomic E-state index is -3.55. The number of nitrogens with zero attached hydrogens (tertiary/aromatic N) is 2. The Kier molecular flexibility index (Phi) is 5.61. The lowest BCUT2D eigenvalue weighted by Crippen LogP contribution is -2.49. The molecule has 1 spiro atoms. The van der Waals surface area contributed by atoms with Crippen LogP contribution in [-0.4, -0.2) is 70.4 Å². The summed E-state index contributed by atoms with van der Waals surface area (Å²) < 4.78 is 33.2. The Morgan fingerprint density at radius 2 is 1.97 bits per heavy atom. The van der Waals surface area contributed by atoms with Gasteiger partial charge in [0, 0.05) is 39.3 Å². The molecule has 1 amide bonds. The highest BCUT2D eigenvalue weighted by Crippen LogP contribution is 2.62. The van der Waals surface area contributed by atoms with E-state index in [1.54, 1.807) is 35.6 Å². The fourth-order valence-corrected chi connectivity index (χ4v) is 7.68. The fourth-order valence-electron chi connectivity index (χ4n) is 6.20. The molecular formula is C22H33N3O4S. The Balaban J connectivity index is 1.54. The summed E-state index contributed by atoms with van der Waals surface area (Å²) in [4.78, 5) is 15.6. The molecule has 166 valence electrons. The fraction of sp³-hybridized carbons (Fsp3) is 0.682. The molecule has 0 bridgehead atoms. The molecule has 0 unspecified atom stereocenters. The van der Waals surface area contributed by atoms with Crippen LogP contribution in [0.5, 0.6) is 5.75 Å². The summed E-state index contributed by atoms with van der Waals surface area (Å²) in [6.45, 7) is 5.86. The van der Waals surface area contributed by atoms with E-state index in [0.29, 0.717) is 24.8 Å². The second-order valence-corrected chi connectivity index (χ2v) is 11.0. The molecule has 1 N–H and O–H groups in total. The van der Waals surface area contributed by atoms with Crippen molar-refractivity contribution in [1.82, 2.24) is 14.5 Å². The highest BCUT2D eigenvalue weighted by molar-refractivity contribution is 7.89. The van der Waals surface area contributed by atoms with Gasteiger partial charge in [0.25, 0.3) is 0 Å². The number of carbonyl (C=O) groups is 1. The molecule has 1 aromatic carbocycles. The zero-order valence-corrected chi connectivity index (χ0v) is 19.0. The lowest BCUT2D eigenvalue weighted by Gasteiger charge is -2.44. The van der Waals surface area contributed by atoms with Crippen molar-refractivity contribution in [3.05, 3.63) is 24.3 Å². The second-order valence-electron chi connectivity index (χ2n) is 9.06. The number of sulfonamides is 1. The van der Waals surface area contributed by atoms with Gasteiger partial charge in [-0.3, -0.25) is 4.79 Å². The van der Waals surface area contributed by atoms with Gasteiger partial charge >= 0.3 is 0 Å². The Hall–Kier alpha value is -1.64. The third-order valence-corrected chi connectivity index (χ3v) is 9.84. The van der Waals surface area contributed by atoms with E-state index < -0.39 is 10.0 Å². The summed E-state index contributed by atoms with van der Waals surface area (Å²) in [6, 6.07) is 6.68. The van der Waals surface area contributed by atoms with Crippen molar-refractivity contribution in [2.75, 3.05) is 46.9 Å². The molecular weight excluding hydrogens is 402 g/mol. The van der Waals surface area contributed by atoms with Crippen LogP contribution < -0.4 is 10.1 Å². The van der Waals surface area contributed by atoms with Crippen LogP contribution in [0, 0.1) is 16.7 Å². The third-order valence-electron chi connectivity index (χ3n) is 7.95. The number of methoxy groups -OCH3 is 1. The highest BCUT2D eigenvalue weighted by Gasteiger charge is 2.64. The van der Waals surface area contributed by atoms with E-state index in [9.17, 15) is 13.2 Å². The smallest absolute Gasteiger partial charge is 0.243 e. The number of rotatable bonds is 5. The van der Waals surface area contributed by atoms with Crippen molar-refractivity contribution in [3.63, 3.8) is 0 Å². The number of hydrogen-bond donors (Lipinski definition) is 1. The van der Waals surface area contributed by atoms with Gasteiger partial charge in [0.2, 0.25) is 15.9 Å². The zero-order valence-electron chi connectivity index (χ0n) is 18.2. The molecule has 2 saturated heterocycles. The van der Waals surface area contributed by atoms with Gasteiger partial charge in [-0.25, -0.2) is 8.42 Å². The number of fused-ring (bicyclic) bond motifs is 2. The van der Waals surface area contributed by atoms with Crippen molar-refractivity contribution in [1.29, 1.82) is 0 Å². The van der Waals surface area contributed by atoms with Gasteiger partial charge in [-0.2, -0.15) is 4.31 Å². The first-order valence-corrected chi connectivity index (χ1v) is 12.3. The Morgan fingerprint density at radius 3 is 2.60 bits per heavy atom. The summed E-state index contributed by atoms with van der Waals surface area (Å²) in [7, 11) is -0.280. The molecule has 2 aliphatic heterocycles. The number of carbonyl (C=O) groups excluding carboxylic acids is 1. The maximum Gasteiger partial charge on any atom is 0.243 e. The summed E-state index contributed by atoms with van der Waals surface area (Å²) in [5.41, 5.74) is -0.268. The number of benzene rings is 1. The lowest BCUT2D eigenvalue weighted by atomic mass is 9.66. The van der Waals surface area contributed by atoms with Crippen LogP contribution in [0.4, 0.5) is 0 Å². The predicted octanol–water partition coefficient (Wildman–Crippen LogP) is 1.94. The van der Waals surface area contributed by atoms with Gasteiger partial charge in [0.05, 0.1) is 17.4 Å². The van der Waals surface area contributed by atoms with Gasteiger partial charge in [-0.1, -0.05) is 13.0 Å². The summed E-state index contributed by atoms with van der Waals surface area (Å²) in [5.74, 6) is 1.000. The molecule has 4 rings (SSSR count). The van der Waals surface area contributed by atoms with Crippen molar-refractivity contribution >= 4 is 15.9 Å². The minimum Gasteiger partial charge on any atom is -0.497 e. The van der Waals surface area contributed by atoms with Crippen LogP contribution in [0.2, 0.25) is 0 Å². The van der Waals surface area contributed by atoms with Crippen molar-refractivity contribution in [2.24, 2.45) is 16.7 Å². The minimum absolute atomic E-state index is 0.0524. The van der Waals surface area contributed by atoms with E-state index >= 15 is 0 Å². The second kappa shape index (κ2) is 7.80. The molecule has 1 saturated carbocycles. The number of ether oxygens (including phenoxy) is 1. The number of piperidine rings is 1. The average molecular weight is 436 g/mol. The molecule has 2 heterocycles. The Morgan fingerprint density at radius 1 is 1.23 bits per heavy atom. The molecule has 8 heteroatoms. The van der Waals surface area contributed by atoms with E-state index in [1.165, 1.54) is 7.11 Å². The van der Waals surface area contributed by atoms with Crippen LogP contribution in [0.1, 0.15) is 32.6 Å². The zero-order chi connectivity index (χ0) is 21.6. The Labute approximate surface area is 179 Å². The van der Waals surface area contributed by atoms with E-state index in [4.69, 9.17) is 4.74 Å². The molecule has 0 aromatic heterocycles. The van der Waals surface area contributed by atoms with Gasteiger partial charge in [0.15, 0.2) is 0 Å². The maximum atomic E-state index is 13.2. The van der Waals surface area contributed by atoms with Gasteiger partial charge in [-0.05, 0) is 55.7 Å². The van der Waals surface area contributed by atoms with E-state index in [1.807, 2.05) is 0 Å². The molecule has 30 heavy (non-hydrogen) atoms. The molecule has 3 aliphatic rings. The highest BCUT2D eigenvalue weighted by atomic mass is 32.2. The van der Waals surface area contributed by atoms with Crippen molar-refractivity contribution in [2.45, 2.75) is 37.5 Å². The van der Waals surface area contributed by atoms with Crippen molar-refractivity contribution in [3.8, 4) is 5.75 Å². The average Bonchev–Trinajstić information content (AvgIpc) is 3.30. The van der Waals surface area contributed by atoms with Crippen LogP contribution in [0.3, 0.4) is 0 Å². The standard InChI is InChI=1S/C22H33N3O4S/c1-4-24-15-19-21(8-9-22(19,16-24)20(26)23-2)10-12-25(13-11-21)30(27,28)18-7-5-6-17(14-18)29-3/h5-7,14,19H,4,8-13,15-16H2,1-3H3,(H,23,26)/t19-,22+/m0/s1. The molecule has 1 aliphatic carbocycles. The first-order chi connectivity index (χ1) is 14.3. The van der Waals surface area contributed by atoms with Crippen LogP contribution in [0.25, 0.3) is 0 Å². The Bertz CT molecular complexity index is 911. The number of nitrogens with one attached hydrogen (secondary N) is 1. The first kappa shape index (κ1) is 21.6. The molecule has 7 nitrogen and oxygen atoms in total. The molecule has 2 atom stereocenters. The predicted molar refractivity (Wildman–Crippen MR) is 115 cm³/mol. The monoisotopic (exact) mass is 435 g/mol.